The lowest BCUT2D eigenvalue weighted by Gasteiger charge is -2.25. The minimum Gasteiger partial charge on any atom is -0.326 e. The van der Waals surface area contributed by atoms with E-state index in [0.29, 0.717) is 15.8 Å². The highest BCUT2D eigenvalue weighted by atomic mass is 79.9. The fraction of sp³-hybridized carbons (Fsp3) is 0.190. The molecule has 0 radical (unpaired) electrons. The second kappa shape index (κ2) is 9.13. The summed E-state index contributed by atoms with van der Waals surface area (Å²) in [4.78, 5) is 37.9. The van der Waals surface area contributed by atoms with Crippen molar-refractivity contribution in [2.24, 2.45) is 0 Å². The van der Waals surface area contributed by atoms with Gasteiger partial charge in [-0.15, -0.1) is 6.58 Å². The van der Waals surface area contributed by atoms with Gasteiger partial charge in [0.2, 0.25) is 21.8 Å². The number of hydrogen-bond donors (Lipinski definition) is 1. The van der Waals surface area contributed by atoms with Crippen LogP contribution in [0.1, 0.15) is 13.3 Å². The fourth-order valence-electron chi connectivity index (χ4n) is 3.27. The van der Waals surface area contributed by atoms with Gasteiger partial charge < -0.3 is 5.32 Å². The van der Waals surface area contributed by atoms with Crippen LogP contribution >= 0.6 is 15.9 Å². The van der Waals surface area contributed by atoms with Gasteiger partial charge in [0.05, 0.1) is 17.0 Å². The number of anilines is 2. The van der Waals surface area contributed by atoms with Gasteiger partial charge in [-0.1, -0.05) is 22.0 Å². The van der Waals surface area contributed by atoms with E-state index in [9.17, 15) is 22.8 Å². The first-order chi connectivity index (χ1) is 14.6. The normalized spacial score (nSPS) is 16.6. The van der Waals surface area contributed by atoms with Gasteiger partial charge in [-0.2, -0.15) is 4.31 Å². The van der Waals surface area contributed by atoms with E-state index in [0.717, 1.165) is 9.21 Å². The molecule has 2 aromatic rings. The van der Waals surface area contributed by atoms with Gasteiger partial charge in [0, 0.05) is 23.6 Å². The summed E-state index contributed by atoms with van der Waals surface area (Å²) in [5, 5.41) is 2.60. The molecule has 2 aromatic carbocycles. The van der Waals surface area contributed by atoms with Gasteiger partial charge in [-0.05, 0) is 48.5 Å². The lowest BCUT2D eigenvalue weighted by Crippen LogP contribution is -2.45. The van der Waals surface area contributed by atoms with Crippen LogP contribution in [0.2, 0.25) is 0 Å². The molecular formula is C21H20BrN3O5S. The number of carbonyl (C=O) groups is 3. The van der Waals surface area contributed by atoms with E-state index in [-0.39, 0.29) is 23.8 Å². The topological polar surface area (TPSA) is 104 Å². The van der Waals surface area contributed by atoms with Crippen LogP contribution in [0.15, 0.2) is 70.6 Å². The number of nitrogens with one attached hydrogen (secondary N) is 1. The standard InChI is InChI=1S/C21H20BrN3O5S/c1-3-12-24(31(29,30)18-10-4-15(22)5-11-18)19-13-20(27)25(21(19)28)17-8-6-16(7-9-17)23-14(2)26/h3-11,19H,1,12-13H2,2H3,(H,23,26). The Labute approximate surface area is 188 Å². The molecule has 1 fully saturated rings. The molecule has 1 heterocycles. The Balaban J connectivity index is 1.91. The molecule has 0 aromatic heterocycles. The molecule has 1 atom stereocenters. The second-order valence-electron chi connectivity index (χ2n) is 6.83. The van der Waals surface area contributed by atoms with E-state index in [1.54, 1.807) is 24.3 Å². The zero-order chi connectivity index (χ0) is 22.8. The van der Waals surface area contributed by atoms with Gasteiger partial charge in [0.25, 0.3) is 5.91 Å². The zero-order valence-corrected chi connectivity index (χ0v) is 19.0. The summed E-state index contributed by atoms with van der Waals surface area (Å²) in [7, 11) is -4.05. The Hall–Kier alpha value is -2.82. The van der Waals surface area contributed by atoms with E-state index < -0.39 is 27.9 Å². The third-order valence-electron chi connectivity index (χ3n) is 4.65. The summed E-state index contributed by atoms with van der Waals surface area (Å²) in [6.07, 6.45) is 1.09. The Morgan fingerprint density at radius 2 is 1.81 bits per heavy atom. The van der Waals surface area contributed by atoms with Crippen LogP contribution in [0.3, 0.4) is 0 Å². The largest absolute Gasteiger partial charge is 0.326 e. The van der Waals surface area contributed by atoms with Crippen LogP contribution in [0, 0.1) is 0 Å². The van der Waals surface area contributed by atoms with E-state index >= 15 is 0 Å². The van der Waals surface area contributed by atoms with Crippen molar-refractivity contribution in [1.29, 1.82) is 0 Å². The quantitative estimate of drug-likeness (QED) is 0.460. The number of halogens is 1. The molecule has 31 heavy (non-hydrogen) atoms. The van der Waals surface area contributed by atoms with Gasteiger partial charge in [0.1, 0.15) is 6.04 Å². The molecule has 0 spiro atoms. The van der Waals surface area contributed by atoms with Crippen molar-refractivity contribution in [3.63, 3.8) is 0 Å². The van der Waals surface area contributed by atoms with Crippen molar-refractivity contribution in [2.45, 2.75) is 24.3 Å². The van der Waals surface area contributed by atoms with Crippen molar-refractivity contribution in [3.05, 3.63) is 65.7 Å². The maximum atomic E-state index is 13.2. The summed E-state index contributed by atoms with van der Waals surface area (Å²) in [6.45, 7) is 4.83. The molecule has 1 unspecified atom stereocenters. The molecule has 10 heteroatoms. The summed E-state index contributed by atoms with van der Waals surface area (Å²) >= 11 is 3.26. The maximum absolute atomic E-state index is 13.2. The average molecular weight is 506 g/mol. The number of amides is 3. The first kappa shape index (κ1) is 22.9. The van der Waals surface area contributed by atoms with Crippen molar-refractivity contribution in [2.75, 3.05) is 16.8 Å². The lowest BCUT2D eigenvalue weighted by molar-refractivity contribution is -0.122. The van der Waals surface area contributed by atoms with Crippen LogP contribution in [0.25, 0.3) is 0 Å². The van der Waals surface area contributed by atoms with Crippen molar-refractivity contribution >= 4 is 55.0 Å². The SMILES string of the molecule is C=CCN(C1CC(=O)N(c2ccc(NC(C)=O)cc2)C1=O)S(=O)(=O)c1ccc(Br)cc1. The van der Waals surface area contributed by atoms with Crippen molar-refractivity contribution in [1.82, 2.24) is 4.31 Å². The average Bonchev–Trinajstić information content (AvgIpc) is 3.00. The third-order valence-corrected chi connectivity index (χ3v) is 7.06. The molecule has 0 saturated carbocycles. The third kappa shape index (κ3) is 4.76. The summed E-state index contributed by atoms with van der Waals surface area (Å²) in [6, 6.07) is 11.0. The smallest absolute Gasteiger partial charge is 0.252 e. The molecule has 1 N–H and O–H groups in total. The van der Waals surface area contributed by atoms with Gasteiger partial charge >= 0.3 is 0 Å². The number of benzene rings is 2. The number of imide groups is 1. The summed E-state index contributed by atoms with van der Waals surface area (Å²) < 4.78 is 28.1. The number of rotatable bonds is 7. The van der Waals surface area contributed by atoms with Crippen molar-refractivity contribution < 1.29 is 22.8 Å². The minimum absolute atomic E-state index is 0.0101. The highest BCUT2D eigenvalue weighted by Crippen LogP contribution is 2.30. The van der Waals surface area contributed by atoms with Crippen LogP contribution in [-0.2, 0) is 24.4 Å². The second-order valence-corrected chi connectivity index (χ2v) is 9.64. The van der Waals surface area contributed by atoms with E-state index in [2.05, 4.69) is 27.8 Å². The highest BCUT2D eigenvalue weighted by molar-refractivity contribution is 9.10. The summed E-state index contributed by atoms with van der Waals surface area (Å²) in [5.41, 5.74) is 0.809. The molecule has 3 rings (SSSR count). The number of sulfonamides is 1. The van der Waals surface area contributed by atoms with E-state index in [1.807, 2.05) is 0 Å². The van der Waals surface area contributed by atoms with E-state index in [1.165, 1.54) is 37.3 Å². The molecule has 0 aliphatic carbocycles. The minimum atomic E-state index is -4.05. The van der Waals surface area contributed by atoms with Gasteiger partial charge in [0.15, 0.2) is 0 Å². The predicted octanol–water partition coefficient (Wildman–Crippen LogP) is 2.92. The number of hydrogen-bond acceptors (Lipinski definition) is 5. The van der Waals surface area contributed by atoms with Crippen LogP contribution in [0.4, 0.5) is 11.4 Å². The number of carbonyl (C=O) groups excluding carboxylic acids is 3. The van der Waals surface area contributed by atoms with Crippen LogP contribution in [-0.4, -0.2) is 43.0 Å². The predicted molar refractivity (Wildman–Crippen MR) is 120 cm³/mol. The fourth-order valence-corrected chi connectivity index (χ4v) is 5.09. The molecular weight excluding hydrogens is 486 g/mol. The Morgan fingerprint density at radius 1 is 1.19 bits per heavy atom. The molecule has 3 amide bonds. The number of nitrogens with zero attached hydrogens (tertiary/aromatic N) is 2. The van der Waals surface area contributed by atoms with Crippen LogP contribution in [0.5, 0.6) is 0 Å². The zero-order valence-electron chi connectivity index (χ0n) is 16.6. The molecule has 1 aliphatic rings. The van der Waals surface area contributed by atoms with Gasteiger partial charge in [-0.25, -0.2) is 13.3 Å². The molecule has 8 nitrogen and oxygen atoms in total. The Morgan fingerprint density at radius 3 is 2.35 bits per heavy atom. The molecule has 0 bridgehead atoms. The molecule has 162 valence electrons. The summed E-state index contributed by atoms with van der Waals surface area (Å²) in [5.74, 6) is -1.40. The molecule has 1 aliphatic heterocycles. The maximum Gasteiger partial charge on any atom is 0.252 e. The monoisotopic (exact) mass is 505 g/mol. The lowest BCUT2D eigenvalue weighted by atomic mass is 10.2. The van der Waals surface area contributed by atoms with E-state index in [4.69, 9.17) is 0 Å². The Kier molecular flexibility index (Phi) is 6.73. The molecule has 1 saturated heterocycles. The Bertz CT molecular complexity index is 1130. The first-order valence-corrected chi connectivity index (χ1v) is 11.5. The van der Waals surface area contributed by atoms with Gasteiger partial charge in [-0.3, -0.25) is 14.4 Å². The van der Waals surface area contributed by atoms with Crippen molar-refractivity contribution in [3.8, 4) is 0 Å². The van der Waals surface area contributed by atoms with Crippen LogP contribution < -0.4 is 10.2 Å². The first-order valence-electron chi connectivity index (χ1n) is 9.28. The highest BCUT2D eigenvalue weighted by Gasteiger charge is 2.46.